The minimum absolute atomic E-state index is 0.131. The quantitative estimate of drug-likeness (QED) is 0.624. The fourth-order valence-corrected chi connectivity index (χ4v) is 1.64. The number of nitrogens with two attached hydrogens (primary N) is 1. The number of nitrogens with zero attached hydrogens (tertiary/aromatic N) is 2. The number of hydrogen-bond donors (Lipinski definition) is 2. The molecule has 0 fully saturated rings. The molecule has 3 N–H and O–H groups in total. The van der Waals surface area contributed by atoms with Crippen molar-refractivity contribution in [2.24, 2.45) is 5.73 Å². The summed E-state index contributed by atoms with van der Waals surface area (Å²) in [5, 5.41) is 11.5. The molecule has 88 valence electrons. The highest BCUT2D eigenvalue weighted by atomic mass is 19.1. The fourth-order valence-electron chi connectivity index (χ4n) is 1.64. The van der Waals surface area contributed by atoms with E-state index in [0.717, 1.165) is 5.69 Å². The maximum absolute atomic E-state index is 14.0. The Morgan fingerprint density at radius 2 is 2.24 bits per heavy atom. The van der Waals surface area contributed by atoms with Crippen LogP contribution in [-0.4, -0.2) is 15.6 Å². The molecule has 0 atom stereocenters. The van der Waals surface area contributed by atoms with E-state index in [1.54, 1.807) is 23.0 Å². The first kappa shape index (κ1) is 11.3. The van der Waals surface area contributed by atoms with Crippen molar-refractivity contribution < 1.29 is 4.39 Å². The molecule has 0 aliphatic rings. The number of halogens is 1. The van der Waals surface area contributed by atoms with Crippen LogP contribution in [0.1, 0.15) is 16.8 Å². The molecule has 1 aromatic heterocycles. The Balaban J connectivity index is 2.33. The van der Waals surface area contributed by atoms with Crippen LogP contribution in [0.5, 0.6) is 0 Å². The molecule has 0 aliphatic carbocycles. The summed E-state index contributed by atoms with van der Waals surface area (Å²) in [6.45, 7) is 2.21. The fraction of sp³-hybridized carbons (Fsp3) is 0.167. The molecule has 0 saturated heterocycles. The molecule has 0 spiro atoms. The summed E-state index contributed by atoms with van der Waals surface area (Å²) in [6.07, 6.45) is 1.79. The van der Waals surface area contributed by atoms with E-state index in [4.69, 9.17) is 11.1 Å². The van der Waals surface area contributed by atoms with Crippen molar-refractivity contribution in [3.05, 3.63) is 53.1 Å². The summed E-state index contributed by atoms with van der Waals surface area (Å²) < 4.78 is 15.6. The second kappa shape index (κ2) is 4.37. The van der Waals surface area contributed by atoms with Crippen LogP contribution in [0.2, 0.25) is 0 Å². The van der Waals surface area contributed by atoms with Crippen molar-refractivity contribution in [2.75, 3.05) is 0 Å². The lowest BCUT2D eigenvalue weighted by Crippen LogP contribution is -2.15. The van der Waals surface area contributed by atoms with Crippen molar-refractivity contribution in [2.45, 2.75) is 13.5 Å². The topological polar surface area (TPSA) is 67.7 Å². The van der Waals surface area contributed by atoms with Gasteiger partial charge in [0.25, 0.3) is 0 Å². The monoisotopic (exact) mass is 232 g/mol. The van der Waals surface area contributed by atoms with Crippen LogP contribution in [0, 0.1) is 18.2 Å². The van der Waals surface area contributed by atoms with Gasteiger partial charge in [0.1, 0.15) is 11.7 Å². The number of aryl methyl sites for hydroxylation is 1. The maximum Gasteiger partial charge on any atom is 0.139 e. The summed E-state index contributed by atoms with van der Waals surface area (Å²) in [4.78, 5) is 0. The maximum atomic E-state index is 14.0. The molecule has 0 unspecified atom stereocenters. The normalized spacial score (nSPS) is 10.5. The summed E-state index contributed by atoms with van der Waals surface area (Å²) in [6, 6.07) is 6.70. The van der Waals surface area contributed by atoms with Gasteiger partial charge in [0.2, 0.25) is 0 Å². The highest BCUT2D eigenvalue weighted by Crippen LogP contribution is 2.13. The lowest BCUT2D eigenvalue weighted by atomic mass is 10.1. The smallest absolute Gasteiger partial charge is 0.139 e. The molecule has 17 heavy (non-hydrogen) atoms. The van der Waals surface area contributed by atoms with E-state index in [1.165, 1.54) is 6.07 Å². The Morgan fingerprint density at radius 3 is 2.82 bits per heavy atom. The molecular formula is C12H13FN4. The predicted molar refractivity (Wildman–Crippen MR) is 63.5 cm³/mol. The first-order valence-corrected chi connectivity index (χ1v) is 5.20. The van der Waals surface area contributed by atoms with E-state index in [9.17, 15) is 4.39 Å². The zero-order valence-electron chi connectivity index (χ0n) is 9.44. The molecule has 2 rings (SSSR count). The molecule has 4 nitrogen and oxygen atoms in total. The lowest BCUT2D eigenvalue weighted by molar-refractivity contribution is 0.581. The first-order valence-electron chi connectivity index (χ1n) is 5.20. The van der Waals surface area contributed by atoms with Crippen molar-refractivity contribution in [1.82, 2.24) is 9.78 Å². The standard InChI is InChI=1S/C12H13FN4/c1-8-5-6-17(16-8)7-9-3-2-4-10(11(9)13)12(14)15/h2-6H,7H2,1H3,(H3,14,15). The minimum Gasteiger partial charge on any atom is -0.384 e. The highest BCUT2D eigenvalue weighted by molar-refractivity contribution is 5.95. The third kappa shape index (κ3) is 2.33. The molecule has 1 heterocycles. The predicted octanol–water partition coefficient (Wildman–Crippen LogP) is 1.66. The lowest BCUT2D eigenvalue weighted by Gasteiger charge is -2.07. The van der Waals surface area contributed by atoms with Gasteiger partial charge in [-0.05, 0) is 19.1 Å². The molecule has 0 bridgehead atoms. The Morgan fingerprint density at radius 1 is 1.47 bits per heavy atom. The first-order chi connectivity index (χ1) is 8.08. The number of benzene rings is 1. The average Bonchev–Trinajstić information content (AvgIpc) is 2.67. The third-order valence-electron chi connectivity index (χ3n) is 2.48. The summed E-state index contributed by atoms with van der Waals surface area (Å²) >= 11 is 0. The largest absolute Gasteiger partial charge is 0.384 e. The number of hydrogen-bond acceptors (Lipinski definition) is 2. The molecule has 1 aromatic carbocycles. The van der Waals surface area contributed by atoms with Crippen LogP contribution < -0.4 is 5.73 Å². The molecule has 2 aromatic rings. The number of aromatic nitrogens is 2. The van der Waals surface area contributed by atoms with Gasteiger partial charge in [-0.3, -0.25) is 10.1 Å². The number of amidine groups is 1. The molecule has 5 heteroatoms. The molecule has 0 aliphatic heterocycles. The van der Waals surface area contributed by atoms with Gasteiger partial charge >= 0.3 is 0 Å². The molecule has 0 radical (unpaired) electrons. The highest BCUT2D eigenvalue weighted by Gasteiger charge is 2.10. The molecular weight excluding hydrogens is 219 g/mol. The van der Waals surface area contributed by atoms with E-state index >= 15 is 0 Å². The Hall–Kier alpha value is -2.17. The van der Waals surface area contributed by atoms with Crippen LogP contribution in [0.25, 0.3) is 0 Å². The van der Waals surface area contributed by atoms with Gasteiger partial charge in [0.15, 0.2) is 0 Å². The van der Waals surface area contributed by atoms with Crippen LogP contribution in [0.3, 0.4) is 0 Å². The van der Waals surface area contributed by atoms with E-state index in [2.05, 4.69) is 5.10 Å². The third-order valence-corrected chi connectivity index (χ3v) is 2.48. The number of nitrogens with one attached hydrogen (secondary N) is 1. The van der Waals surface area contributed by atoms with Gasteiger partial charge in [-0.1, -0.05) is 12.1 Å². The number of rotatable bonds is 3. The Kier molecular flexibility index (Phi) is 2.91. The van der Waals surface area contributed by atoms with E-state index in [-0.39, 0.29) is 11.4 Å². The minimum atomic E-state index is -0.451. The zero-order chi connectivity index (χ0) is 12.4. The average molecular weight is 232 g/mol. The van der Waals surface area contributed by atoms with Gasteiger partial charge in [-0.15, -0.1) is 0 Å². The van der Waals surface area contributed by atoms with E-state index < -0.39 is 5.82 Å². The van der Waals surface area contributed by atoms with Gasteiger partial charge in [0.05, 0.1) is 17.8 Å². The summed E-state index contributed by atoms with van der Waals surface area (Å²) in [5.41, 5.74) is 6.79. The molecule has 0 amide bonds. The van der Waals surface area contributed by atoms with Crippen molar-refractivity contribution in [1.29, 1.82) is 5.41 Å². The Bertz CT molecular complexity index is 559. The second-order valence-corrected chi connectivity index (χ2v) is 3.85. The van der Waals surface area contributed by atoms with Crippen LogP contribution in [0.15, 0.2) is 30.5 Å². The van der Waals surface area contributed by atoms with Crippen molar-refractivity contribution in [3.63, 3.8) is 0 Å². The molecule has 0 saturated carbocycles. The van der Waals surface area contributed by atoms with Gasteiger partial charge in [-0.2, -0.15) is 5.10 Å². The van der Waals surface area contributed by atoms with Crippen LogP contribution in [0.4, 0.5) is 4.39 Å². The van der Waals surface area contributed by atoms with Crippen molar-refractivity contribution in [3.8, 4) is 0 Å². The van der Waals surface area contributed by atoms with E-state index in [0.29, 0.717) is 12.1 Å². The van der Waals surface area contributed by atoms with Crippen LogP contribution >= 0.6 is 0 Å². The van der Waals surface area contributed by atoms with Gasteiger partial charge in [0, 0.05) is 11.8 Å². The SMILES string of the molecule is Cc1ccn(Cc2cccc(C(=N)N)c2F)n1. The van der Waals surface area contributed by atoms with Crippen LogP contribution in [-0.2, 0) is 6.54 Å². The zero-order valence-corrected chi connectivity index (χ0v) is 9.44. The van der Waals surface area contributed by atoms with Crippen molar-refractivity contribution >= 4 is 5.84 Å². The summed E-state index contributed by atoms with van der Waals surface area (Å²) in [7, 11) is 0. The van der Waals surface area contributed by atoms with Gasteiger partial charge in [-0.25, -0.2) is 4.39 Å². The number of nitrogen functional groups attached to an aromatic ring is 1. The van der Waals surface area contributed by atoms with Gasteiger partial charge < -0.3 is 5.73 Å². The van der Waals surface area contributed by atoms with E-state index in [1.807, 2.05) is 13.0 Å². The summed E-state index contributed by atoms with van der Waals surface area (Å²) in [5.74, 6) is -0.714. The Labute approximate surface area is 98.4 Å². The second-order valence-electron chi connectivity index (χ2n) is 3.85.